The maximum Gasteiger partial charge on any atom is 0.306 e. The van der Waals surface area contributed by atoms with Crippen LogP contribution in [0.15, 0.2) is 28.7 Å². The van der Waals surface area contributed by atoms with Crippen LogP contribution in [0.1, 0.15) is 19.3 Å². The molecule has 1 fully saturated rings. The number of rotatable bonds is 6. The number of hydrogen-bond acceptors (Lipinski definition) is 3. The van der Waals surface area contributed by atoms with Crippen LogP contribution in [0.2, 0.25) is 0 Å². The monoisotopic (exact) mass is 355 g/mol. The van der Waals surface area contributed by atoms with Gasteiger partial charge in [0.05, 0.1) is 5.92 Å². The largest absolute Gasteiger partial charge is 0.484 e. The van der Waals surface area contributed by atoms with Crippen LogP contribution in [-0.4, -0.2) is 30.1 Å². The summed E-state index contributed by atoms with van der Waals surface area (Å²) in [5, 5.41) is 11.8. The van der Waals surface area contributed by atoms with Gasteiger partial charge in [0, 0.05) is 11.0 Å². The first-order valence-electron chi connectivity index (χ1n) is 6.94. The summed E-state index contributed by atoms with van der Waals surface area (Å²) in [5.41, 5.74) is 0. The van der Waals surface area contributed by atoms with Gasteiger partial charge in [-0.1, -0.05) is 22.4 Å². The molecular weight excluding hydrogens is 338 g/mol. The van der Waals surface area contributed by atoms with Gasteiger partial charge in [0.25, 0.3) is 5.91 Å². The van der Waals surface area contributed by atoms with E-state index in [1.54, 1.807) is 12.1 Å². The summed E-state index contributed by atoms with van der Waals surface area (Å²) >= 11 is 3.32. The van der Waals surface area contributed by atoms with E-state index in [0.717, 1.165) is 17.3 Å². The summed E-state index contributed by atoms with van der Waals surface area (Å²) in [6.45, 7) is 0.339. The lowest BCUT2D eigenvalue weighted by Crippen LogP contribution is -2.35. The molecule has 21 heavy (non-hydrogen) atoms. The number of aliphatic carboxylic acids is 1. The standard InChI is InChI=1S/C15H18BrNO4/c16-11-4-6-12(7-5-11)21-9-14(18)17-8-10-2-1-3-13(10)15(19)20/h4-7,10,13H,1-3,8-9H2,(H,17,18)(H,19,20). The summed E-state index contributed by atoms with van der Waals surface area (Å²) in [7, 11) is 0. The Morgan fingerprint density at radius 2 is 2.00 bits per heavy atom. The number of halogens is 1. The van der Waals surface area contributed by atoms with Gasteiger partial charge in [0.1, 0.15) is 5.75 Å². The molecule has 5 nitrogen and oxygen atoms in total. The Kier molecular flexibility index (Phi) is 5.61. The Morgan fingerprint density at radius 1 is 1.29 bits per heavy atom. The molecule has 1 aliphatic carbocycles. The topological polar surface area (TPSA) is 75.6 Å². The van der Waals surface area contributed by atoms with Gasteiger partial charge < -0.3 is 15.2 Å². The van der Waals surface area contributed by atoms with Crippen LogP contribution in [0.3, 0.4) is 0 Å². The quantitative estimate of drug-likeness (QED) is 0.821. The molecule has 0 saturated heterocycles. The van der Waals surface area contributed by atoms with Crippen LogP contribution in [0.4, 0.5) is 0 Å². The van der Waals surface area contributed by atoms with Crippen molar-refractivity contribution in [1.29, 1.82) is 0 Å². The SMILES string of the molecule is O=C(COc1ccc(Br)cc1)NCC1CCCC1C(=O)O. The number of ether oxygens (including phenoxy) is 1. The average Bonchev–Trinajstić information content (AvgIpc) is 2.93. The van der Waals surface area contributed by atoms with Crippen molar-refractivity contribution in [3.8, 4) is 5.75 Å². The Bertz CT molecular complexity index is 503. The zero-order valence-corrected chi connectivity index (χ0v) is 13.1. The lowest BCUT2D eigenvalue weighted by atomic mass is 9.96. The summed E-state index contributed by atoms with van der Waals surface area (Å²) in [6.07, 6.45) is 2.46. The normalized spacial score (nSPS) is 21.0. The zero-order valence-electron chi connectivity index (χ0n) is 11.5. The van der Waals surface area contributed by atoms with Crippen molar-refractivity contribution < 1.29 is 19.4 Å². The van der Waals surface area contributed by atoms with Crippen molar-refractivity contribution in [1.82, 2.24) is 5.32 Å². The maximum atomic E-state index is 11.7. The molecule has 0 aliphatic heterocycles. The van der Waals surface area contributed by atoms with Crippen molar-refractivity contribution in [2.45, 2.75) is 19.3 Å². The maximum absolute atomic E-state index is 11.7. The fraction of sp³-hybridized carbons (Fsp3) is 0.467. The van der Waals surface area contributed by atoms with Gasteiger partial charge in [-0.05, 0) is 43.0 Å². The highest BCUT2D eigenvalue weighted by Crippen LogP contribution is 2.31. The molecular formula is C15H18BrNO4. The van der Waals surface area contributed by atoms with E-state index in [-0.39, 0.29) is 24.3 Å². The van der Waals surface area contributed by atoms with Gasteiger partial charge in [-0.3, -0.25) is 9.59 Å². The molecule has 0 bridgehead atoms. The highest BCUT2D eigenvalue weighted by molar-refractivity contribution is 9.10. The lowest BCUT2D eigenvalue weighted by molar-refractivity contribution is -0.143. The second-order valence-corrected chi connectivity index (χ2v) is 6.10. The lowest BCUT2D eigenvalue weighted by Gasteiger charge is -2.16. The molecule has 114 valence electrons. The van der Waals surface area contributed by atoms with E-state index < -0.39 is 5.97 Å². The van der Waals surface area contributed by atoms with Crippen LogP contribution < -0.4 is 10.1 Å². The van der Waals surface area contributed by atoms with Crippen molar-refractivity contribution in [3.63, 3.8) is 0 Å². The molecule has 1 saturated carbocycles. The third kappa shape index (κ3) is 4.74. The van der Waals surface area contributed by atoms with Gasteiger partial charge in [-0.2, -0.15) is 0 Å². The number of carbonyl (C=O) groups excluding carboxylic acids is 1. The smallest absolute Gasteiger partial charge is 0.306 e. The number of carboxylic acid groups (broad SMARTS) is 1. The van der Waals surface area contributed by atoms with Crippen LogP contribution in [0, 0.1) is 11.8 Å². The van der Waals surface area contributed by atoms with Gasteiger partial charge in [-0.15, -0.1) is 0 Å². The summed E-state index contributed by atoms with van der Waals surface area (Å²) in [4.78, 5) is 22.8. The molecule has 1 aliphatic rings. The number of hydrogen-bond donors (Lipinski definition) is 2. The Morgan fingerprint density at radius 3 is 2.67 bits per heavy atom. The van der Waals surface area contributed by atoms with Crippen LogP contribution in [0.25, 0.3) is 0 Å². The van der Waals surface area contributed by atoms with Gasteiger partial charge >= 0.3 is 5.97 Å². The molecule has 2 rings (SSSR count). The third-order valence-corrected chi connectivity index (χ3v) is 4.25. The number of amides is 1. The second-order valence-electron chi connectivity index (χ2n) is 5.18. The molecule has 0 heterocycles. The molecule has 6 heteroatoms. The zero-order chi connectivity index (χ0) is 15.2. The molecule has 0 spiro atoms. The molecule has 2 N–H and O–H groups in total. The van der Waals surface area contributed by atoms with Crippen molar-refractivity contribution >= 4 is 27.8 Å². The van der Waals surface area contributed by atoms with Crippen molar-refractivity contribution in [2.75, 3.05) is 13.2 Å². The van der Waals surface area contributed by atoms with E-state index in [1.807, 2.05) is 12.1 Å². The first-order valence-corrected chi connectivity index (χ1v) is 7.73. The minimum atomic E-state index is -0.766. The van der Waals surface area contributed by atoms with Crippen LogP contribution >= 0.6 is 15.9 Å². The second kappa shape index (κ2) is 7.45. The van der Waals surface area contributed by atoms with Gasteiger partial charge in [-0.25, -0.2) is 0 Å². The van der Waals surface area contributed by atoms with Crippen LogP contribution in [-0.2, 0) is 9.59 Å². The summed E-state index contributed by atoms with van der Waals surface area (Å²) in [6, 6.07) is 7.22. The van der Waals surface area contributed by atoms with Gasteiger partial charge in [0.15, 0.2) is 6.61 Å². The molecule has 1 aromatic rings. The van der Waals surface area contributed by atoms with E-state index in [1.165, 1.54) is 0 Å². The number of carboxylic acids is 1. The predicted molar refractivity (Wildman–Crippen MR) is 81.1 cm³/mol. The van der Waals surface area contributed by atoms with Crippen LogP contribution in [0.5, 0.6) is 5.75 Å². The summed E-state index contributed by atoms with van der Waals surface area (Å²) in [5.74, 6) is -0.679. The highest BCUT2D eigenvalue weighted by Gasteiger charge is 2.32. The minimum absolute atomic E-state index is 0.0270. The van der Waals surface area contributed by atoms with E-state index in [2.05, 4.69) is 21.2 Å². The first-order chi connectivity index (χ1) is 10.1. The van der Waals surface area contributed by atoms with Crippen molar-refractivity contribution in [2.24, 2.45) is 11.8 Å². The predicted octanol–water partition coefficient (Wildman–Crippen LogP) is 2.44. The van der Waals surface area contributed by atoms with Crippen molar-refractivity contribution in [3.05, 3.63) is 28.7 Å². The van der Waals surface area contributed by atoms with Gasteiger partial charge in [0.2, 0.25) is 0 Å². The molecule has 2 atom stereocenters. The van der Waals surface area contributed by atoms with E-state index in [9.17, 15) is 9.59 Å². The summed E-state index contributed by atoms with van der Waals surface area (Å²) < 4.78 is 6.31. The average molecular weight is 356 g/mol. The Labute approximate surface area is 131 Å². The Balaban J connectivity index is 1.72. The Hall–Kier alpha value is -1.56. The molecule has 0 radical (unpaired) electrons. The number of carbonyl (C=O) groups is 2. The fourth-order valence-electron chi connectivity index (χ4n) is 2.58. The molecule has 0 aromatic heterocycles. The third-order valence-electron chi connectivity index (χ3n) is 3.72. The van der Waals surface area contributed by atoms with E-state index in [0.29, 0.717) is 18.7 Å². The highest BCUT2D eigenvalue weighted by atomic mass is 79.9. The minimum Gasteiger partial charge on any atom is -0.484 e. The number of benzene rings is 1. The molecule has 1 amide bonds. The fourth-order valence-corrected chi connectivity index (χ4v) is 2.85. The molecule has 1 aromatic carbocycles. The first kappa shape index (κ1) is 15.8. The molecule has 2 unspecified atom stereocenters. The van der Waals surface area contributed by atoms with E-state index >= 15 is 0 Å². The number of nitrogens with one attached hydrogen (secondary N) is 1. The van der Waals surface area contributed by atoms with E-state index in [4.69, 9.17) is 9.84 Å².